The molecule has 0 aliphatic heterocycles. The number of nitrogens with one attached hydrogen (secondary N) is 3. The second-order valence-electron chi connectivity index (χ2n) is 7.50. The quantitative estimate of drug-likeness (QED) is 0.248. The summed E-state index contributed by atoms with van der Waals surface area (Å²) in [6, 6.07) is 7.69. The molecule has 10 heteroatoms. The van der Waals surface area contributed by atoms with Gasteiger partial charge in [0.1, 0.15) is 0 Å². The summed E-state index contributed by atoms with van der Waals surface area (Å²) in [6.45, 7) is 9.58. The predicted octanol–water partition coefficient (Wildman–Crippen LogP) is 2.39. The van der Waals surface area contributed by atoms with Crippen LogP contribution in [0.3, 0.4) is 0 Å². The van der Waals surface area contributed by atoms with Crippen molar-refractivity contribution in [2.45, 2.75) is 52.5 Å². The highest BCUT2D eigenvalue weighted by Crippen LogP contribution is 2.14. The normalized spacial score (nSPS) is 12.9. The standard InChI is InChI=1S/C21H34N6O2S.HI/c1-7-23-21(25-15(2)12-20-16(3)26-27(6)17(20)4)24-13-18-8-10-19(11-9-18)14-30(28,29)22-5;/h8-11,15,22H,7,12-14H2,1-6H3,(H2,23,24,25);1H. The van der Waals surface area contributed by atoms with E-state index in [1.165, 1.54) is 18.3 Å². The lowest BCUT2D eigenvalue weighted by Gasteiger charge is -2.18. The molecule has 0 aliphatic carbocycles. The first-order valence-electron chi connectivity index (χ1n) is 10.2. The van der Waals surface area contributed by atoms with Crippen LogP contribution in [-0.2, 0) is 35.8 Å². The summed E-state index contributed by atoms with van der Waals surface area (Å²) in [6.07, 6.45) is 0.866. The number of hydrogen-bond donors (Lipinski definition) is 3. The minimum atomic E-state index is -3.27. The summed E-state index contributed by atoms with van der Waals surface area (Å²) >= 11 is 0. The van der Waals surface area contributed by atoms with Gasteiger partial charge >= 0.3 is 0 Å². The molecule has 0 saturated heterocycles. The Morgan fingerprint density at radius 3 is 2.32 bits per heavy atom. The van der Waals surface area contributed by atoms with Gasteiger partial charge in [0.25, 0.3) is 0 Å². The molecule has 1 aromatic carbocycles. The van der Waals surface area contributed by atoms with Crippen LogP contribution in [0.5, 0.6) is 0 Å². The zero-order valence-electron chi connectivity index (χ0n) is 19.2. The number of aliphatic imine (C=N–C) groups is 1. The predicted molar refractivity (Wildman–Crippen MR) is 137 cm³/mol. The van der Waals surface area contributed by atoms with Gasteiger partial charge in [0.05, 0.1) is 18.0 Å². The van der Waals surface area contributed by atoms with Gasteiger partial charge in [0.15, 0.2) is 5.96 Å². The van der Waals surface area contributed by atoms with Crippen molar-refractivity contribution in [3.05, 3.63) is 52.3 Å². The molecular formula is C21H35IN6O2S. The van der Waals surface area contributed by atoms with Crippen LogP contribution in [0.4, 0.5) is 0 Å². The van der Waals surface area contributed by atoms with Gasteiger partial charge in [-0.25, -0.2) is 18.1 Å². The minimum Gasteiger partial charge on any atom is -0.357 e. The number of guanidine groups is 1. The highest BCUT2D eigenvalue weighted by Gasteiger charge is 2.14. The van der Waals surface area contributed by atoms with Gasteiger partial charge in [-0.05, 0) is 57.9 Å². The summed E-state index contributed by atoms with van der Waals surface area (Å²) in [5.74, 6) is 0.730. The van der Waals surface area contributed by atoms with E-state index in [1.54, 1.807) is 0 Å². The Morgan fingerprint density at radius 2 is 1.81 bits per heavy atom. The molecule has 2 rings (SSSR count). The van der Waals surface area contributed by atoms with E-state index in [0.29, 0.717) is 6.54 Å². The number of nitrogens with zero attached hydrogens (tertiary/aromatic N) is 3. The molecular weight excluding hydrogens is 527 g/mol. The maximum Gasteiger partial charge on any atom is 0.215 e. The Labute approximate surface area is 203 Å². The SMILES string of the molecule is CCNC(=NCc1ccc(CS(=O)(=O)NC)cc1)NC(C)Cc1c(C)nn(C)c1C.I. The van der Waals surface area contributed by atoms with E-state index in [0.717, 1.165) is 35.7 Å². The minimum absolute atomic E-state index is 0. The van der Waals surface area contributed by atoms with Crippen LogP contribution < -0.4 is 15.4 Å². The Bertz CT molecular complexity index is 971. The molecule has 0 amide bonds. The summed E-state index contributed by atoms with van der Waals surface area (Å²) in [5.41, 5.74) is 5.28. The maximum absolute atomic E-state index is 11.7. The van der Waals surface area contributed by atoms with Crippen LogP contribution in [-0.4, -0.2) is 43.8 Å². The molecule has 1 unspecified atom stereocenters. The molecule has 31 heavy (non-hydrogen) atoms. The molecule has 1 atom stereocenters. The van der Waals surface area contributed by atoms with Gasteiger partial charge in [-0.1, -0.05) is 24.3 Å². The van der Waals surface area contributed by atoms with E-state index in [2.05, 4.69) is 39.3 Å². The van der Waals surface area contributed by atoms with E-state index in [9.17, 15) is 8.42 Å². The second kappa shape index (κ2) is 12.4. The van der Waals surface area contributed by atoms with Gasteiger partial charge in [0, 0.05) is 25.3 Å². The smallest absolute Gasteiger partial charge is 0.215 e. The van der Waals surface area contributed by atoms with Gasteiger partial charge in [0.2, 0.25) is 10.0 Å². The number of aromatic nitrogens is 2. The van der Waals surface area contributed by atoms with E-state index >= 15 is 0 Å². The summed E-state index contributed by atoms with van der Waals surface area (Å²) in [7, 11) is 0.123. The Balaban J connectivity index is 0.00000480. The molecule has 0 saturated carbocycles. The van der Waals surface area contributed by atoms with Crippen LogP contribution in [0.25, 0.3) is 0 Å². The third kappa shape index (κ3) is 8.41. The molecule has 2 aromatic rings. The van der Waals surface area contributed by atoms with Gasteiger partial charge < -0.3 is 10.6 Å². The molecule has 3 N–H and O–H groups in total. The first-order valence-corrected chi connectivity index (χ1v) is 11.8. The van der Waals surface area contributed by atoms with E-state index in [1.807, 2.05) is 49.8 Å². The Morgan fingerprint density at radius 1 is 1.19 bits per heavy atom. The highest BCUT2D eigenvalue weighted by molar-refractivity contribution is 14.0. The van der Waals surface area contributed by atoms with Crippen molar-refractivity contribution in [1.82, 2.24) is 25.1 Å². The molecule has 0 aliphatic rings. The zero-order chi connectivity index (χ0) is 22.3. The van der Waals surface area contributed by atoms with Crippen LogP contribution in [0, 0.1) is 13.8 Å². The Kier molecular flexibility index (Phi) is 10.9. The zero-order valence-corrected chi connectivity index (χ0v) is 22.3. The first kappa shape index (κ1) is 27.4. The van der Waals surface area contributed by atoms with Gasteiger partial charge in [-0.2, -0.15) is 5.10 Å². The lowest BCUT2D eigenvalue weighted by molar-refractivity contribution is 0.587. The summed E-state index contributed by atoms with van der Waals surface area (Å²) in [5, 5.41) is 11.2. The third-order valence-corrected chi connectivity index (χ3v) is 6.34. The lowest BCUT2D eigenvalue weighted by Crippen LogP contribution is -2.43. The summed E-state index contributed by atoms with van der Waals surface area (Å²) < 4.78 is 27.6. The van der Waals surface area contributed by atoms with Crippen molar-refractivity contribution in [3.63, 3.8) is 0 Å². The second-order valence-corrected chi connectivity index (χ2v) is 9.42. The van der Waals surface area contributed by atoms with E-state index in [4.69, 9.17) is 0 Å². The van der Waals surface area contributed by atoms with E-state index in [-0.39, 0.29) is 35.8 Å². The van der Waals surface area contributed by atoms with Crippen LogP contribution in [0.1, 0.15) is 41.9 Å². The molecule has 0 radical (unpaired) electrons. The fraction of sp³-hybridized carbons (Fsp3) is 0.524. The van der Waals surface area contributed by atoms with Crippen molar-refractivity contribution in [1.29, 1.82) is 0 Å². The maximum atomic E-state index is 11.7. The lowest BCUT2D eigenvalue weighted by atomic mass is 10.1. The van der Waals surface area contributed by atoms with Crippen LogP contribution >= 0.6 is 24.0 Å². The molecule has 0 spiro atoms. The third-order valence-electron chi connectivity index (χ3n) is 5.01. The molecule has 1 aromatic heterocycles. The van der Waals surface area contributed by atoms with Crippen molar-refractivity contribution in [2.75, 3.05) is 13.6 Å². The summed E-state index contributed by atoms with van der Waals surface area (Å²) in [4.78, 5) is 4.68. The average Bonchev–Trinajstić information content (AvgIpc) is 2.93. The molecule has 1 heterocycles. The largest absolute Gasteiger partial charge is 0.357 e. The topological polar surface area (TPSA) is 100 Å². The van der Waals surface area contributed by atoms with Gasteiger partial charge in [-0.15, -0.1) is 24.0 Å². The fourth-order valence-electron chi connectivity index (χ4n) is 3.23. The first-order chi connectivity index (χ1) is 14.1. The van der Waals surface area contributed by atoms with Crippen LogP contribution in [0.15, 0.2) is 29.3 Å². The van der Waals surface area contributed by atoms with Crippen molar-refractivity contribution < 1.29 is 8.42 Å². The van der Waals surface area contributed by atoms with Gasteiger partial charge in [-0.3, -0.25) is 4.68 Å². The monoisotopic (exact) mass is 562 g/mol. The molecule has 8 nitrogen and oxygen atoms in total. The number of benzene rings is 1. The Hall–Kier alpha value is -1.66. The van der Waals surface area contributed by atoms with Crippen molar-refractivity contribution >= 4 is 40.0 Å². The van der Waals surface area contributed by atoms with E-state index < -0.39 is 10.0 Å². The van der Waals surface area contributed by atoms with Crippen molar-refractivity contribution in [3.8, 4) is 0 Å². The number of halogens is 1. The molecule has 174 valence electrons. The van der Waals surface area contributed by atoms with Crippen LogP contribution in [0.2, 0.25) is 0 Å². The molecule has 0 fully saturated rings. The average molecular weight is 563 g/mol. The number of rotatable bonds is 9. The fourth-order valence-corrected chi connectivity index (χ4v) is 4.00. The highest BCUT2D eigenvalue weighted by atomic mass is 127. The molecule has 0 bridgehead atoms. The number of hydrogen-bond acceptors (Lipinski definition) is 4. The van der Waals surface area contributed by atoms with Crippen molar-refractivity contribution in [2.24, 2.45) is 12.0 Å². The number of sulfonamides is 1. The number of aryl methyl sites for hydroxylation is 2.